The number of imide groups is 1. The Labute approximate surface area is 190 Å². The Morgan fingerprint density at radius 3 is 2.50 bits per heavy atom. The number of hydrogen-bond donors (Lipinski definition) is 1. The summed E-state index contributed by atoms with van der Waals surface area (Å²) in [5.41, 5.74) is 1.71. The molecule has 0 radical (unpaired) electrons. The number of amides is 2. The molecule has 5 rings (SSSR count). The number of rotatable bonds is 4. The maximum Gasteiger partial charge on any atom is 0.230 e. The van der Waals surface area contributed by atoms with Gasteiger partial charge in [0.1, 0.15) is 10.6 Å². The molecule has 0 atom stereocenters. The first-order valence-electron chi connectivity index (χ1n) is 9.78. The zero-order valence-corrected chi connectivity index (χ0v) is 18.4. The monoisotopic (exact) mass is 470 g/mol. The third-order valence-electron chi connectivity index (χ3n) is 5.56. The minimum atomic E-state index is -0.728. The number of carbonyl (C=O) groups is 2. The van der Waals surface area contributed by atoms with Crippen LogP contribution in [-0.4, -0.2) is 33.9 Å². The Morgan fingerprint density at radius 2 is 1.84 bits per heavy atom. The number of phenolic OH excluding ortho intramolecular Hbond substituents is 1. The van der Waals surface area contributed by atoms with Crippen molar-refractivity contribution in [3.8, 4) is 22.6 Å². The van der Waals surface area contributed by atoms with E-state index in [0.29, 0.717) is 32.6 Å². The van der Waals surface area contributed by atoms with Crippen LogP contribution in [0.3, 0.4) is 0 Å². The zero-order chi connectivity index (χ0) is 22.6. The summed E-state index contributed by atoms with van der Waals surface area (Å²) in [6, 6.07) is 10.2. The Balaban J connectivity index is 1.80. The third-order valence-corrected chi connectivity index (χ3v) is 7.06. The van der Waals surface area contributed by atoms with E-state index in [4.69, 9.17) is 16.3 Å². The van der Waals surface area contributed by atoms with Gasteiger partial charge in [-0.3, -0.25) is 14.5 Å². The molecule has 0 bridgehead atoms. The predicted octanol–water partition coefficient (Wildman–Crippen LogP) is 5.27. The fraction of sp³-hybridized carbons (Fsp3) is 0.174. The van der Waals surface area contributed by atoms with Crippen molar-refractivity contribution in [2.24, 2.45) is 0 Å². The Morgan fingerprint density at radius 1 is 1.16 bits per heavy atom. The van der Waals surface area contributed by atoms with E-state index in [-0.39, 0.29) is 40.9 Å². The summed E-state index contributed by atoms with van der Waals surface area (Å²) in [6.45, 7) is -0.0580. The Bertz CT molecular complexity index is 1400. The summed E-state index contributed by atoms with van der Waals surface area (Å²) in [5.74, 6) is -1.06. The smallest absolute Gasteiger partial charge is 0.230 e. The number of methoxy groups -OCH3 is 1. The average molecular weight is 471 g/mol. The summed E-state index contributed by atoms with van der Waals surface area (Å²) >= 11 is 7.90. The second kappa shape index (κ2) is 7.72. The minimum Gasteiger partial charge on any atom is -0.505 e. The second-order valence-electron chi connectivity index (χ2n) is 7.41. The van der Waals surface area contributed by atoms with Crippen LogP contribution in [0.5, 0.6) is 11.5 Å². The highest BCUT2D eigenvalue weighted by Gasteiger charge is 2.31. The molecular weight excluding hydrogens is 455 g/mol. The van der Waals surface area contributed by atoms with E-state index in [9.17, 15) is 19.1 Å². The number of nitrogens with zero attached hydrogens (tertiary/aromatic N) is 2. The zero-order valence-electron chi connectivity index (χ0n) is 16.8. The molecule has 1 saturated heterocycles. The van der Waals surface area contributed by atoms with Crippen molar-refractivity contribution in [2.75, 3.05) is 7.11 Å². The molecule has 162 valence electrons. The maximum atomic E-state index is 14.7. The van der Waals surface area contributed by atoms with Crippen molar-refractivity contribution in [1.29, 1.82) is 0 Å². The molecule has 1 aliphatic heterocycles. The maximum absolute atomic E-state index is 14.7. The molecule has 32 heavy (non-hydrogen) atoms. The molecule has 2 amide bonds. The van der Waals surface area contributed by atoms with Gasteiger partial charge >= 0.3 is 0 Å². The third kappa shape index (κ3) is 3.18. The molecule has 1 aliphatic rings. The number of likely N-dealkylation sites (tertiary alicyclic amines) is 1. The first-order valence-corrected chi connectivity index (χ1v) is 11.0. The molecule has 2 aromatic heterocycles. The van der Waals surface area contributed by atoms with Gasteiger partial charge in [-0.25, -0.2) is 9.37 Å². The first kappa shape index (κ1) is 20.7. The Kier molecular flexibility index (Phi) is 4.98. The van der Waals surface area contributed by atoms with Crippen molar-refractivity contribution in [1.82, 2.24) is 9.88 Å². The van der Waals surface area contributed by atoms with Crippen molar-refractivity contribution < 1.29 is 23.8 Å². The second-order valence-corrected chi connectivity index (χ2v) is 8.78. The Hall–Kier alpha value is -3.23. The number of aromatic hydroxyl groups is 1. The number of pyridine rings is 1. The fourth-order valence-electron chi connectivity index (χ4n) is 3.93. The van der Waals surface area contributed by atoms with Crippen LogP contribution in [0.25, 0.3) is 31.4 Å². The van der Waals surface area contributed by atoms with Crippen LogP contribution in [0.4, 0.5) is 4.39 Å². The van der Waals surface area contributed by atoms with Gasteiger partial charge in [0.05, 0.1) is 29.1 Å². The van der Waals surface area contributed by atoms with E-state index in [2.05, 4.69) is 4.98 Å². The number of halogens is 2. The summed E-state index contributed by atoms with van der Waals surface area (Å²) < 4.78 is 20.2. The quantitative estimate of drug-likeness (QED) is 0.411. The van der Waals surface area contributed by atoms with Crippen LogP contribution < -0.4 is 4.74 Å². The van der Waals surface area contributed by atoms with Crippen LogP contribution in [0.15, 0.2) is 36.4 Å². The van der Waals surface area contributed by atoms with E-state index in [1.807, 2.05) is 12.1 Å². The molecule has 0 saturated carbocycles. The van der Waals surface area contributed by atoms with Crippen LogP contribution in [-0.2, 0) is 16.1 Å². The van der Waals surface area contributed by atoms with Crippen molar-refractivity contribution >= 4 is 55.1 Å². The normalized spacial score (nSPS) is 14.2. The number of ether oxygens (including phenoxy) is 1. The van der Waals surface area contributed by atoms with E-state index in [0.717, 1.165) is 21.8 Å². The van der Waals surface area contributed by atoms with E-state index in [1.54, 1.807) is 25.3 Å². The fourth-order valence-corrected chi connectivity index (χ4v) is 5.38. The lowest BCUT2D eigenvalue weighted by molar-refractivity contribution is -0.139. The van der Waals surface area contributed by atoms with Gasteiger partial charge in [-0.1, -0.05) is 23.7 Å². The van der Waals surface area contributed by atoms with E-state index >= 15 is 0 Å². The van der Waals surface area contributed by atoms with Crippen molar-refractivity contribution in [3.63, 3.8) is 0 Å². The van der Waals surface area contributed by atoms with Gasteiger partial charge in [-0.2, -0.15) is 0 Å². The van der Waals surface area contributed by atoms with Crippen LogP contribution in [0.1, 0.15) is 18.5 Å². The molecule has 9 heteroatoms. The van der Waals surface area contributed by atoms with Gasteiger partial charge in [0.15, 0.2) is 11.6 Å². The largest absolute Gasteiger partial charge is 0.505 e. The van der Waals surface area contributed by atoms with Crippen molar-refractivity contribution in [2.45, 2.75) is 19.4 Å². The number of thiophene rings is 1. The molecular formula is C23H16ClFN2O4S. The number of carbonyl (C=O) groups excluding carboxylic acids is 2. The number of fused-ring (bicyclic) bond motifs is 3. The van der Waals surface area contributed by atoms with Gasteiger partial charge in [-0.05, 0) is 29.8 Å². The molecule has 1 fully saturated rings. The van der Waals surface area contributed by atoms with Crippen LogP contribution >= 0.6 is 22.9 Å². The molecule has 6 nitrogen and oxygen atoms in total. The predicted molar refractivity (Wildman–Crippen MR) is 121 cm³/mol. The topological polar surface area (TPSA) is 79.7 Å². The number of aromatic nitrogens is 1. The van der Waals surface area contributed by atoms with Crippen LogP contribution in [0, 0.1) is 5.82 Å². The summed E-state index contributed by atoms with van der Waals surface area (Å²) in [6.07, 6.45) is 0.328. The van der Waals surface area contributed by atoms with Gasteiger partial charge in [0.2, 0.25) is 11.8 Å². The van der Waals surface area contributed by atoms with E-state index in [1.165, 1.54) is 6.07 Å². The van der Waals surface area contributed by atoms with Crippen molar-refractivity contribution in [3.05, 3.63) is 52.9 Å². The standard InChI is InChI=1S/C23H16ClFN2O4S/c1-31-12-4-2-11(3-5-12)18-19-13-6-7-15(28)21(25)22(13)32-23(19)26-14(20(18)24)10-27-16(29)8-9-17(27)30/h2-7,28H,8-10H2,1H3. The highest BCUT2D eigenvalue weighted by atomic mass is 35.5. The summed E-state index contributed by atoms with van der Waals surface area (Å²) in [5, 5.41) is 11.3. The van der Waals surface area contributed by atoms with Gasteiger partial charge < -0.3 is 9.84 Å². The average Bonchev–Trinajstić information content (AvgIpc) is 3.32. The number of benzene rings is 2. The SMILES string of the molecule is COc1ccc(-c2c(Cl)c(CN3C(=O)CCC3=O)nc3sc4c(F)c(O)ccc4c23)cc1. The van der Waals surface area contributed by atoms with Gasteiger partial charge in [0.25, 0.3) is 0 Å². The molecule has 2 aromatic carbocycles. The van der Waals surface area contributed by atoms with Crippen LogP contribution in [0.2, 0.25) is 5.02 Å². The van der Waals surface area contributed by atoms with Gasteiger partial charge in [0, 0.05) is 29.2 Å². The summed E-state index contributed by atoms with van der Waals surface area (Å²) in [7, 11) is 1.57. The minimum absolute atomic E-state index is 0.0580. The first-order chi connectivity index (χ1) is 15.4. The summed E-state index contributed by atoms with van der Waals surface area (Å²) in [4.78, 5) is 30.6. The molecule has 0 aliphatic carbocycles. The molecule has 3 heterocycles. The molecule has 1 N–H and O–H groups in total. The molecule has 4 aromatic rings. The number of phenols is 1. The van der Waals surface area contributed by atoms with E-state index < -0.39 is 11.6 Å². The lowest BCUT2D eigenvalue weighted by atomic mass is 9.99. The molecule has 0 unspecified atom stereocenters. The van der Waals surface area contributed by atoms with Gasteiger partial charge in [-0.15, -0.1) is 11.3 Å². The lowest BCUT2D eigenvalue weighted by Gasteiger charge is -2.17. The number of hydrogen-bond acceptors (Lipinski definition) is 6. The molecule has 0 spiro atoms. The highest BCUT2D eigenvalue weighted by molar-refractivity contribution is 7.25. The highest BCUT2D eigenvalue weighted by Crippen LogP contribution is 2.46. The lowest BCUT2D eigenvalue weighted by Crippen LogP contribution is -2.29.